The zero-order chi connectivity index (χ0) is 16.3. The van der Waals surface area contributed by atoms with Gasteiger partial charge >= 0.3 is 0 Å². The zero-order valence-electron chi connectivity index (χ0n) is 12.9. The number of benzene rings is 1. The lowest BCUT2D eigenvalue weighted by molar-refractivity contribution is -0.120. The summed E-state index contributed by atoms with van der Waals surface area (Å²) in [4.78, 5) is 11.9. The van der Waals surface area contributed by atoms with Crippen molar-refractivity contribution in [1.82, 2.24) is 5.32 Å². The van der Waals surface area contributed by atoms with E-state index in [1.54, 1.807) is 0 Å². The Kier molecular flexibility index (Phi) is 5.21. The van der Waals surface area contributed by atoms with Gasteiger partial charge in [0.05, 0.1) is 4.90 Å². The Morgan fingerprint density at radius 2 is 2.05 bits per heavy atom. The highest BCUT2D eigenvalue weighted by atomic mass is 32.2. The molecule has 2 rings (SSSR count). The summed E-state index contributed by atoms with van der Waals surface area (Å²) >= 11 is 0. The first-order chi connectivity index (χ1) is 10.3. The molecule has 3 unspecified atom stereocenters. The molecule has 0 bridgehead atoms. The predicted molar refractivity (Wildman–Crippen MR) is 82.6 cm³/mol. The van der Waals surface area contributed by atoms with Crippen molar-refractivity contribution in [2.75, 3.05) is 5.75 Å². The van der Waals surface area contributed by atoms with E-state index in [1.165, 1.54) is 18.2 Å². The minimum atomic E-state index is -3.82. The van der Waals surface area contributed by atoms with E-state index in [2.05, 4.69) is 19.2 Å². The van der Waals surface area contributed by atoms with Crippen molar-refractivity contribution in [3.05, 3.63) is 30.1 Å². The van der Waals surface area contributed by atoms with E-state index >= 15 is 0 Å². The quantitative estimate of drug-likeness (QED) is 0.924. The van der Waals surface area contributed by atoms with E-state index < -0.39 is 27.3 Å². The molecule has 1 N–H and O–H groups in total. The standard InChI is InChI=1S/C16H22FNO3S/c1-11-5-3-8-15(12(11)2)18-16(19)10-22(20,21)14-7-4-6-13(17)9-14/h4,6-7,9,11-12,15H,3,5,8,10H2,1-2H3,(H,18,19). The molecule has 1 aliphatic rings. The molecule has 3 atom stereocenters. The van der Waals surface area contributed by atoms with E-state index in [9.17, 15) is 17.6 Å². The number of hydrogen-bond acceptors (Lipinski definition) is 3. The highest BCUT2D eigenvalue weighted by Crippen LogP contribution is 2.29. The molecule has 1 aromatic rings. The van der Waals surface area contributed by atoms with Crippen LogP contribution < -0.4 is 5.32 Å². The number of rotatable bonds is 4. The molecule has 0 radical (unpaired) electrons. The van der Waals surface area contributed by atoms with E-state index in [-0.39, 0.29) is 10.9 Å². The minimum Gasteiger partial charge on any atom is -0.352 e. The fourth-order valence-corrected chi connectivity index (χ4v) is 4.12. The molecule has 1 fully saturated rings. The number of hydrogen-bond donors (Lipinski definition) is 1. The molecular formula is C16H22FNO3S. The Hall–Kier alpha value is -1.43. The van der Waals surface area contributed by atoms with Crippen LogP contribution in [0.15, 0.2) is 29.2 Å². The summed E-state index contributed by atoms with van der Waals surface area (Å²) in [6, 6.07) is 4.75. The number of halogens is 1. The first-order valence-electron chi connectivity index (χ1n) is 7.57. The van der Waals surface area contributed by atoms with E-state index in [4.69, 9.17) is 0 Å². The number of carbonyl (C=O) groups is 1. The number of nitrogens with one attached hydrogen (secondary N) is 1. The van der Waals surface area contributed by atoms with Crippen LogP contribution in [0, 0.1) is 17.7 Å². The van der Waals surface area contributed by atoms with Crippen LogP contribution in [-0.4, -0.2) is 26.1 Å². The highest BCUT2D eigenvalue weighted by molar-refractivity contribution is 7.92. The van der Waals surface area contributed by atoms with E-state index in [0.29, 0.717) is 11.8 Å². The van der Waals surface area contributed by atoms with Crippen molar-refractivity contribution < 1.29 is 17.6 Å². The smallest absolute Gasteiger partial charge is 0.235 e. The molecule has 1 aliphatic carbocycles. The molecule has 22 heavy (non-hydrogen) atoms. The van der Waals surface area contributed by atoms with Gasteiger partial charge in [-0.25, -0.2) is 12.8 Å². The van der Waals surface area contributed by atoms with Crippen LogP contribution in [0.1, 0.15) is 33.1 Å². The monoisotopic (exact) mass is 327 g/mol. The molecule has 6 heteroatoms. The molecule has 1 aromatic carbocycles. The molecule has 0 aromatic heterocycles. The topological polar surface area (TPSA) is 63.2 Å². The zero-order valence-corrected chi connectivity index (χ0v) is 13.7. The van der Waals surface area contributed by atoms with Gasteiger partial charge in [0.2, 0.25) is 5.91 Å². The first-order valence-corrected chi connectivity index (χ1v) is 9.22. The van der Waals surface area contributed by atoms with Crippen molar-refractivity contribution in [2.45, 2.75) is 44.0 Å². The van der Waals surface area contributed by atoms with Crippen LogP contribution in [0.2, 0.25) is 0 Å². The molecule has 0 saturated heterocycles. The molecule has 0 heterocycles. The van der Waals surface area contributed by atoms with Gasteiger partial charge in [-0.15, -0.1) is 0 Å². The average Bonchev–Trinajstić information content (AvgIpc) is 2.43. The second-order valence-electron chi connectivity index (χ2n) is 6.16. The van der Waals surface area contributed by atoms with Crippen molar-refractivity contribution in [2.24, 2.45) is 11.8 Å². The van der Waals surface area contributed by atoms with Crippen molar-refractivity contribution in [1.29, 1.82) is 0 Å². The molecule has 1 saturated carbocycles. The van der Waals surface area contributed by atoms with Gasteiger partial charge in [-0.2, -0.15) is 0 Å². The maximum absolute atomic E-state index is 13.1. The lowest BCUT2D eigenvalue weighted by Crippen LogP contribution is -2.45. The Labute approximate surface area is 131 Å². The Bertz CT molecular complexity index is 645. The summed E-state index contributed by atoms with van der Waals surface area (Å²) in [7, 11) is -3.82. The van der Waals surface area contributed by atoms with Crippen LogP contribution in [0.3, 0.4) is 0 Å². The summed E-state index contributed by atoms with van der Waals surface area (Å²) in [5.74, 6) is -0.950. The van der Waals surface area contributed by atoms with Crippen LogP contribution in [-0.2, 0) is 14.6 Å². The van der Waals surface area contributed by atoms with Crippen molar-refractivity contribution in [3.8, 4) is 0 Å². The third kappa shape index (κ3) is 4.06. The average molecular weight is 327 g/mol. The number of amides is 1. The molecule has 1 amide bonds. The molecule has 0 aliphatic heterocycles. The van der Waals surface area contributed by atoms with Gasteiger partial charge in [0, 0.05) is 6.04 Å². The van der Waals surface area contributed by atoms with Crippen LogP contribution >= 0.6 is 0 Å². The van der Waals surface area contributed by atoms with Crippen molar-refractivity contribution >= 4 is 15.7 Å². The van der Waals surface area contributed by atoms with Crippen LogP contribution in [0.5, 0.6) is 0 Å². The second-order valence-corrected chi connectivity index (χ2v) is 8.15. The lowest BCUT2D eigenvalue weighted by Gasteiger charge is -2.34. The second kappa shape index (κ2) is 6.77. The van der Waals surface area contributed by atoms with Gasteiger partial charge in [0.15, 0.2) is 9.84 Å². The van der Waals surface area contributed by atoms with Gasteiger partial charge in [0.1, 0.15) is 11.6 Å². The minimum absolute atomic E-state index is 0.0129. The van der Waals surface area contributed by atoms with Gasteiger partial charge in [-0.3, -0.25) is 4.79 Å². The lowest BCUT2D eigenvalue weighted by atomic mass is 9.78. The number of sulfone groups is 1. The Morgan fingerprint density at radius 3 is 2.73 bits per heavy atom. The predicted octanol–water partition coefficient (Wildman–Crippen LogP) is 2.54. The maximum atomic E-state index is 13.1. The first kappa shape index (κ1) is 16.9. The van der Waals surface area contributed by atoms with Gasteiger partial charge in [-0.05, 0) is 36.5 Å². The van der Waals surface area contributed by atoms with E-state index in [1.807, 2.05) is 0 Å². The maximum Gasteiger partial charge on any atom is 0.235 e. The fraction of sp³-hybridized carbons (Fsp3) is 0.562. The summed E-state index contributed by atoms with van der Waals surface area (Å²) in [5, 5.41) is 2.83. The molecule has 4 nitrogen and oxygen atoms in total. The third-order valence-corrected chi connectivity index (χ3v) is 6.14. The summed E-state index contributed by atoms with van der Waals surface area (Å²) in [6.07, 6.45) is 3.04. The van der Waals surface area contributed by atoms with Gasteiger partial charge in [0.25, 0.3) is 0 Å². The van der Waals surface area contributed by atoms with Crippen molar-refractivity contribution in [3.63, 3.8) is 0 Å². The Balaban J connectivity index is 2.02. The fourth-order valence-electron chi connectivity index (χ4n) is 2.95. The SMILES string of the molecule is CC1CCCC(NC(=O)CS(=O)(=O)c2cccc(F)c2)C1C. The van der Waals surface area contributed by atoms with Gasteiger partial charge < -0.3 is 5.32 Å². The summed E-state index contributed by atoms with van der Waals surface area (Å²) in [5.41, 5.74) is 0. The highest BCUT2D eigenvalue weighted by Gasteiger charge is 2.29. The molecular weight excluding hydrogens is 305 g/mol. The van der Waals surface area contributed by atoms with Gasteiger partial charge in [-0.1, -0.05) is 32.8 Å². The summed E-state index contributed by atoms with van der Waals surface area (Å²) < 4.78 is 37.4. The Morgan fingerprint density at radius 1 is 1.32 bits per heavy atom. The van der Waals surface area contributed by atoms with E-state index in [0.717, 1.165) is 25.3 Å². The molecule has 122 valence electrons. The van der Waals surface area contributed by atoms with Crippen LogP contribution in [0.25, 0.3) is 0 Å². The third-order valence-electron chi connectivity index (χ3n) is 4.53. The largest absolute Gasteiger partial charge is 0.352 e. The number of carbonyl (C=O) groups excluding carboxylic acids is 1. The normalized spacial score (nSPS) is 25.7. The molecule has 0 spiro atoms. The summed E-state index contributed by atoms with van der Waals surface area (Å²) in [6.45, 7) is 4.22. The van der Waals surface area contributed by atoms with Crippen LogP contribution in [0.4, 0.5) is 4.39 Å².